The van der Waals surface area contributed by atoms with Gasteiger partial charge < -0.3 is 17.4 Å². The van der Waals surface area contributed by atoms with Crippen molar-refractivity contribution in [2.24, 2.45) is 0 Å². The van der Waals surface area contributed by atoms with Gasteiger partial charge in [-0.15, -0.1) is 0 Å². The molecule has 0 bridgehead atoms. The molecule has 1 aromatic rings. The van der Waals surface area contributed by atoms with Crippen LogP contribution < -0.4 is 23.6 Å². The molecule has 0 unspecified atom stereocenters. The van der Waals surface area contributed by atoms with Crippen LogP contribution in [0.15, 0.2) is 29.2 Å². The largest absolute Gasteiger partial charge is 1.00 e. The van der Waals surface area contributed by atoms with Gasteiger partial charge in [-0.1, -0.05) is 12.1 Å². The number of ether oxygens (including phenoxy) is 1. The molecule has 0 N–H and O–H groups in total. The summed E-state index contributed by atoms with van der Waals surface area (Å²) in [6, 6.07) is 7.42. The van der Waals surface area contributed by atoms with Crippen molar-refractivity contribution >= 4 is 12.6 Å². The third kappa shape index (κ3) is 2.61. The van der Waals surface area contributed by atoms with Crippen molar-refractivity contribution in [2.45, 2.75) is 4.90 Å². The van der Waals surface area contributed by atoms with Crippen LogP contribution in [0.2, 0.25) is 0 Å². The number of rotatable bonds is 1. The van der Waals surface area contributed by atoms with Gasteiger partial charge in [0.25, 0.3) is 0 Å². The average Bonchev–Trinajstić information content (AvgIpc) is 1.88. The van der Waals surface area contributed by atoms with E-state index in [0.717, 1.165) is 10.6 Å². The molecule has 1 rings (SSSR count). The Hall–Kier alpha value is -0.163. The van der Waals surface area contributed by atoms with Crippen LogP contribution in [0, 0.1) is 0 Å². The van der Waals surface area contributed by atoms with E-state index in [-0.39, 0.29) is 18.9 Å². The van der Waals surface area contributed by atoms with E-state index in [4.69, 9.17) is 17.4 Å². The zero-order valence-electron chi connectivity index (χ0n) is 6.13. The zero-order chi connectivity index (χ0) is 6.69. The summed E-state index contributed by atoms with van der Waals surface area (Å²) in [5.74, 6) is 0.822. The molecule has 3 heteroatoms. The van der Waals surface area contributed by atoms with E-state index in [1.807, 2.05) is 24.3 Å². The summed E-state index contributed by atoms with van der Waals surface area (Å²) in [5, 5.41) is 0. The maximum Gasteiger partial charge on any atom is 1.00 e. The summed E-state index contributed by atoms with van der Waals surface area (Å²) in [4.78, 5) is 0.814. The summed E-state index contributed by atoms with van der Waals surface area (Å²) in [7, 11) is 1.63. The van der Waals surface area contributed by atoms with Crippen LogP contribution in [0.4, 0.5) is 0 Å². The minimum atomic E-state index is 0. The first-order valence-corrected chi connectivity index (χ1v) is 3.05. The molecule has 0 amide bonds. The molecule has 0 aliphatic rings. The second-order valence-corrected chi connectivity index (χ2v) is 2.15. The third-order valence-corrected chi connectivity index (χ3v) is 1.30. The summed E-state index contributed by atoms with van der Waals surface area (Å²) in [6.45, 7) is 0. The fourth-order valence-corrected chi connectivity index (χ4v) is 0.796. The molecule has 0 aromatic heterocycles. The molecular weight excluding hydrogens is 139 g/mol. The van der Waals surface area contributed by atoms with Crippen LogP contribution >= 0.6 is 0 Å². The predicted molar refractivity (Wildman–Crippen MR) is 38.6 cm³/mol. The maximum absolute atomic E-state index is 4.93. The Bertz CT molecular complexity index is 203. The third-order valence-electron chi connectivity index (χ3n) is 1.04. The van der Waals surface area contributed by atoms with Gasteiger partial charge in [-0.2, -0.15) is 4.90 Å². The Morgan fingerprint density at radius 1 is 1.40 bits per heavy atom. The molecule has 0 spiro atoms. The normalized spacial score (nSPS) is 8.10. The Morgan fingerprint density at radius 2 is 2.10 bits per heavy atom. The molecule has 10 heavy (non-hydrogen) atoms. The second kappa shape index (κ2) is 4.62. The molecule has 0 aliphatic carbocycles. The molecule has 0 atom stereocenters. The van der Waals surface area contributed by atoms with Gasteiger partial charge in [-0.3, -0.25) is 0 Å². The van der Waals surface area contributed by atoms with Gasteiger partial charge >= 0.3 is 18.9 Å². The summed E-state index contributed by atoms with van der Waals surface area (Å²) < 4.78 is 4.93. The van der Waals surface area contributed by atoms with Crippen molar-refractivity contribution in [2.75, 3.05) is 7.11 Å². The number of methoxy groups -OCH3 is 1. The van der Waals surface area contributed by atoms with Gasteiger partial charge in [-0.25, -0.2) is 0 Å². The minimum absolute atomic E-state index is 0. The molecule has 0 fully saturated rings. The first-order chi connectivity index (χ1) is 4.33. The van der Waals surface area contributed by atoms with Gasteiger partial charge in [-0.05, 0) is 12.1 Å². The van der Waals surface area contributed by atoms with Crippen molar-refractivity contribution < 1.29 is 23.6 Å². The van der Waals surface area contributed by atoms with Crippen molar-refractivity contribution in [3.8, 4) is 5.75 Å². The Balaban J connectivity index is 0.000000810. The van der Waals surface area contributed by atoms with Gasteiger partial charge in [0, 0.05) is 0 Å². The molecule has 1 nitrogen and oxygen atoms in total. The van der Waals surface area contributed by atoms with E-state index in [2.05, 4.69) is 0 Å². The molecular formula is C7H7LiOS. The number of hydrogen-bond acceptors (Lipinski definition) is 2. The van der Waals surface area contributed by atoms with Crippen LogP contribution in [0.25, 0.3) is 0 Å². The van der Waals surface area contributed by atoms with Gasteiger partial charge in [0.1, 0.15) is 5.75 Å². The SMILES string of the molecule is COc1cccc([S-])c1.[Li+]. The topological polar surface area (TPSA) is 9.23 Å². The standard InChI is InChI=1S/C7H8OS.Li/c1-8-6-3-2-4-7(9)5-6;/h2-5,9H,1H3;/q;+1/p-1. The smallest absolute Gasteiger partial charge is 0.780 e. The summed E-state index contributed by atoms with van der Waals surface area (Å²) in [6.07, 6.45) is 0. The van der Waals surface area contributed by atoms with Crippen LogP contribution in [0.5, 0.6) is 5.75 Å². The van der Waals surface area contributed by atoms with E-state index >= 15 is 0 Å². The van der Waals surface area contributed by atoms with Crippen molar-refractivity contribution in [1.29, 1.82) is 0 Å². The summed E-state index contributed by atoms with van der Waals surface area (Å²) >= 11 is 4.89. The van der Waals surface area contributed by atoms with E-state index < -0.39 is 0 Å². The first kappa shape index (κ1) is 9.84. The Kier molecular flexibility index (Phi) is 4.55. The van der Waals surface area contributed by atoms with Gasteiger partial charge in [0.15, 0.2) is 0 Å². The van der Waals surface area contributed by atoms with Crippen molar-refractivity contribution in [3.05, 3.63) is 24.3 Å². The zero-order valence-corrected chi connectivity index (χ0v) is 6.94. The molecule has 0 aliphatic heterocycles. The molecule has 1 aromatic carbocycles. The van der Waals surface area contributed by atoms with E-state index in [1.165, 1.54) is 0 Å². The average molecular weight is 146 g/mol. The molecule has 0 heterocycles. The quantitative estimate of drug-likeness (QED) is 0.356. The van der Waals surface area contributed by atoms with E-state index in [0.29, 0.717) is 0 Å². The fraction of sp³-hybridized carbons (Fsp3) is 0.143. The van der Waals surface area contributed by atoms with Gasteiger partial charge in [0.05, 0.1) is 7.11 Å². The number of benzene rings is 1. The van der Waals surface area contributed by atoms with Crippen molar-refractivity contribution in [3.63, 3.8) is 0 Å². The fourth-order valence-electron chi connectivity index (χ4n) is 0.601. The molecule has 0 saturated carbocycles. The predicted octanol–water partition coefficient (Wildman–Crippen LogP) is -1.39. The van der Waals surface area contributed by atoms with Gasteiger partial charge in [0.2, 0.25) is 0 Å². The van der Waals surface area contributed by atoms with Crippen LogP contribution in [0.3, 0.4) is 0 Å². The minimum Gasteiger partial charge on any atom is -0.780 e. The molecule has 48 valence electrons. The monoisotopic (exact) mass is 146 g/mol. The maximum atomic E-state index is 4.93. The van der Waals surface area contributed by atoms with Crippen LogP contribution in [-0.2, 0) is 12.6 Å². The second-order valence-electron chi connectivity index (χ2n) is 1.68. The van der Waals surface area contributed by atoms with E-state index in [1.54, 1.807) is 7.11 Å². The Morgan fingerprint density at radius 3 is 2.50 bits per heavy atom. The summed E-state index contributed by atoms with van der Waals surface area (Å²) in [5.41, 5.74) is 0. The van der Waals surface area contributed by atoms with Crippen molar-refractivity contribution in [1.82, 2.24) is 0 Å². The molecule has 0 radical (unpaired) electrons. The van der Waals surface area contributed by atoms with E-state index in [9.17, 15) is 0 Å². The first-order valence-electron chi connectivity index (χ1n) is 2.64. The Labute approximate surface area is 78.4 Å². The van der Waals surface area contributed by atoms with Crippen LogP contribution in [-0.4, -0.2) is 7.11 Å². The molecule has 0 saturated heterocycles. The van der Waals surface area contributed by atoms with Crippen LogP contribution in [0.1, 0.15) is 0 Å². The number of hydrogen-bond donors (Lipinski definition) is 0.